The quantitative estimate of drug-likeness (QED) is 0.158. The molecule has 0 saturated heterocycles. The first kappa shape index (κ1) is 32.8. The van der Waals surface area contributed by atoms with E-state index in [9.17, 15) is 24.6 Å². The molecule has 46 heavy (non-hydrogen) atoms. The van der Waals surface area contributed by atoms with Crippen LogP contribution in [0.5, 0.6) is 0 Å². The Hall–Kier alpha value is -4.57. The normalized spacial score (nSPS) is 16.3. The van der Waals surface area contributed by atoms with Gasteiger partial charge >= 0.3 is 0 Å². The van der Waals surface area contributed by atoms with Gasteiger partial charge in [0.15, 0.2) is 5.60 Å². The zero-order valence-corrected chi connectivity index (χ0v) is 27.1. The first-order valence-corrected chi connectivity index (χ1v) is 15.9. The lowest BCUT2D eigenvalue weighted by molar-refractivity contribution is -0.139. The van der Waals surface area contributed by atoms with Crippen molar-refractivity contribution < 1.29 is 24.6 Å². The largest absolute Gasteiger partial charge is 0.395 e. The van der Waals surface area contributed by atoms with Crippen molar-refractivity contribution in [2.24, 2.45) is 5.92 Å². The fraction of sp³-hybridized carbons (Fsp3) is 0.216. The minimum absolute atomic E-state index is 0.0592. The zero-order chi connectivity index (χ0) is 32.7. The third kappa shape index (κ3) is 7.28. The van der Waals surface area contributed by atoms with E-state index in [0.29, 0.717) is 29.0 Å². The number of nitrogens with one attached hydrogen (secondary N) is 1. The molecule has 4 aromatic carbocycles. The Labute approximate surface area is 277 Å². The molecule has 0 aliphatic carbocycles. The second-order valence-corrected chi connectivity index (χ2v) is 12.2. The van der Waals surface area contributed by atoms with Gasteiger partial charge in [-0.2, -0.15) is 0 Å². The molecule has 3 amide bonds. The van der Waals surface area contributed by atoms with E-state index in [0.717, 1.165) is 15.6 Å². The van der Waals surface area contributed by atoms with Crippen molar-refractivity contribution in [2.75, 3.05) is 23.4 Å². The molecule has 2 atom stereocenters. The van der Waals surface area contributed by atoms with Gasteiger partial charge in [-0.05, 0) is 53.6 Å². The summed E-state index contributed by atoms with van der Waals surface area (Å²) in [5.74, 6) is -1.49. The summed E-state index contributed by atoms with van der Waals surface area (Å²) in [5, 5.41) is 24.4. The predicted molar refractivity (Wildman–Crippen MR) is 182 cm³/mol. The molecule has 1 aliphatic heterocycles. The fourth-order valence-corrected chi connectivity index (χ4v) is 5.96. The summed E-state index contributed by atoms with van der Waals surface area (Å²) >= 11 is 3.48. The summed E-state index contributed by atoms with van der Waals surface area (Å²) in [5.41, 5.74) is 2.19. The molecule has 3 N–H and O–H groups in total. The molecule has 0 spiro atoms. The summed E-state index contributed by atoms with van der Waals surface area (Å²) in [4.78, 5) is 42.7. The van der Waals surface area contributed by atoms with Crippen molar-refractivity contribution in [3.05, 3.63) is 142 Å². The van der Waals surface area contributed by atoms with Crippen LogP contribution in [0, 0.1) is 5.92 Å². The van der Waals surface area contributed by atoms with E-state index in [1.807, 2.05) is 54.6 Å². The summed E-state index contributed by atoms with van der Waals surface area (Å²) in [6, 6.07) is 31.1. The molecule has 0 saturated carbocycles. The van der Waals surface area contributed by atoms with Gasteiger partial charge in [0.05, 0.1) is 18.8 Å². The summed E-state index contributed by atoms with van der Waals surface area (Å²) in [6.45, 7) is 2.40. The lowest BCUT2D eigenvalue weighted by Gasteiger charge is -2.28. The Morgan fingerprint density at radius 2 is 1.63 bits per heavy atom. The molecule has 0 radical (unpaired) electrons. The van der Waals surface area contributed by atoms with E-state index in [1.165, 1.54) is 0 Å². The number of aliphatic hydroxyl groups excluding tert-OH is 1. The van der Waals surface area contributed by atoms with Gasteiger partial charge in [-0.25, -0.2) is 0 Å². The topological polar surface area (TPSA) is 110 Å². The summed E-state index contributed by atoms with van der Waals surface area (Å²) in [6.07, 6.45) is 3.44. The molecular formula is C37H36BrN3O5. The molecular weight excluding hydrogens is 646 g/mol. The SMILES string of the molecule is C[C@@H](/C=C/CC(=O)N(CCO)Cc1ccccc1)[C@]1(O)C(=O)N(Cc2ccc(NC(=O)c3ccccc3)cc2)c2ccc(Br)cc21. The van der Waals surface area contributed by atoms with Crippen molar-refractivity contribution in [1.82, 2.24) is 4.90 Å². The fourth-order valence-electron chi connectivity index (χ4n) is 5.60. The van der Waals surface area contributed by atoms with Crippen LogP contribution in [-0.2, 0) is 28.3 Å². The molecule has 1 heterocycles. The maximum absolute atomic E-state index is 14.0. The maximum atomic E-state index is 14.0. The van der Waals surface area contributed by atoms with Gasteiger partial charge in [0, 0.05) is 46.7 Å². The van der Waals surface area contributed by atoms with E-state index in [-0.39, 0.29) is 37.9 Å². The van der Waals surface area contributed by atoms with E-state index in [1.54, 1.807) is 77.4 Å². The van der Waals surface area contributed by atoms with Crippen molar-refractivity contribution in [1.29, 1.82) is 0 Å². The highest BCUT2D eigenvalue weighted by molar-refractivity contribution is 9.10. The molecule has 0 aromatic heterocycles. The third-order valence-electron chi connectivity index (χ3n) is 8.13. The molecule has 0 bridgehead atoms. The van der Waals surface area contributed by atoms with Crippen LogP contribution in [0.15, 0.2) is 120 Å². The smallest absolute Gasteiger partial charge is 0.264 e. The molecule has 9 heteroatoms. The van der Waals surface area contributed by atoms with Gasteiger partial charge in [-0.15, -0.1) is 0 Å². The molecule has 0 fully saturated rings. The first-order valence-electron chi connectivity index (χ1n) is 15.1. The predicted octanol–water partition coefficient (Wildman–Crippen LogP) is 6.04. The van der Waals surface area contributed by atoms with Crippen LogP contribution in [0.2, 0.25) is 0 Å². The Kier molecular flexibility index (Phi) is 10.5. The van der Waals surface area contributed by atoms with Gasteiger partial charge in [0.2, 0.25) is 5.91 Å². The number of aliphatic hydroxyl groups is 2. The van der Waals surface area contributed by atoms with E-state index >= 15 is 0 Å². The molecule has 4 aromatic rings. The van der Waals surface area contributed by atoms with Crippen LogP contribution in [0.1, 0.15) is 40.4 Å². The minimum atomic E-state index is -1.85. The van der Waals surface area contributed by atoms with Crippen molar-refractivity contribution >= 4 is 45.0 Å². The highest BCUT2D eigenvalue weighted by atomic mass is 79.9. The maximum Gasteiger partial charge on any atom is 0.264 e. The number of anilines is 2. The second kappa shape index (κ2) is 14.7. The van der Waals surface area contributed by atoms with Crippen molar-refractivity contribution in [3.63, 3.8) is 0 Å². The Balaban J connectivity index is 1.29. The molecule has 0 unspecified atom stereocenters. The van der Waals surface area contributed by atoms with Crippen LogP contribution in [0.3, 0.4) is 0 Å². The number of benzene rings is 4. The Morgan fingerprint density at radius 1 is 0.957 bits per heavy atom. The molecule has 236 valence electrons. The molecule has 5 rings (SSSR count). The number of amides is 3. The summed E-state index contributed by atoms with van der Waals surface area (Å²) in [7, 11) is 0. The van der Waals surface area contributed by atoms with E-state index in [4.69, 9.17) is 0 Å². The van der Waals surface area contributed by atoms with Crippen LogP contribution in [0.4, 0.5) is 11.4 Å². The number of carbonyl (C=O) groups is 3. The number of rotatable bonds is 12. The highest BCUT2D eigenvalue weighted by Crippen LogP contribution is 2.46. The Bertz CT molecular complexity index is 1710. The van der Waals surface area contributed by atoms with Crippen LogP contribution in [0.25, 0.3) is 0 Å². The summed E-state index contributed by atoms with van der Waals surface area (Å²) < 4.78 is 0.727. The van der Waals surface area contributed by atoms with Gasteiger partial charge in [-0.3, -0.25) is 14.4 Å². The van der Waals surface area contributed by atoms with E-state index in [2.05, 4.69) is 21.2 Å². The minimum Gasteiger partial charge on any atom is -0.395 e. The lowest BCUT2D eigenvalue weighted by atomic mass is 9.83. The molecule has 1 aliphatic rings. The van der Waals surface area contributed by atoms with Crippen molar-refractivity contribution in [2.45, 2.75) is 32.0 Å². The number of hydrogen-bond donors (Lipinski definition) is 3. The third-order valence-corrected chi connectivity index (χ3v) is 8.63. The van der Waals surface area contributed by atoms with Crippen molar-refractivity contribution in [3.8, 4) is 0 Å². The van der Waals surface area contributed by atoms with Crippen LogP contribution >= 0.6 is 15.9 Å². The number of carbonyl (C=O) groups excluding carboxylic acids is 3. The lowest BCUT2D eigenvalue weighted by Crippen LogP contribution is -2.44. The average molecular weight is 683 g/mol. The average Bonchev–Trinajstić information content (AvgIpc) is 3.28. The van der Waals surface area contributed by atoms with Crippen LogP contribution < -0.4 is 10.2 Å². The van der Waals surface area contributed by atoms with Gasteiger partial charge < -0.3 is 25.3 Å². The zero-order valence-electron chi connectivity index (χ0n) is 25.5. The second-order valence-electron chi connectivity index (χ2n) is 11.3. The van der Waals surface area contributed by atoms with Gasteiger partial charge in [0.1, 0.15) is 0 Å². The Morgan fingerprint density at radius 3 is 2.30 bits per heavy atom. The van der Waals surface area contributed by atoms with Crippen LogP contribution in [-0.4, -0.2) is 46.0 Å². The van der Waals surface area contributed by atoms with E-state index < -0.39 is 17.4 Å². The molecule has 8 nitrogen and oxygen atoms in total. The number of hydrogen-bond acceptors (Lipinski definition) is 5. The standard InChI is InChI=1S/C37H36BrN3O5/c1-26(9-8-14-34(43)40(21-22-42)24-27-10-4-2-5-11-27)37(46)32-23-30(38)17-20-33(32)41(36(37)45)25-28-15-18-31(19-16-28)39-35(44)29-12-6-3-7-13-29/h2-13,15-20,23,26,42,46H,14,21-22,24-25H2,1H3,(H,39,44)/b9-8+/t26-,37+/m0/s1. The van der Waals surface area contributed by atoms with Gasteiger partial charge in [0.25, 0.3) is 11.8 Å². The highest BCUT2D eigenvalue weighted by Gasteiger charge is 2.52. The monoisotopic (exact) mass is 681 g/mol. The first-order chi connectivity index (χ1) is 22.2. The number of halogens is 1. The number of fused-ring (bicyclic) bond motifs is 1. The number of nitrogens with zero attached hydrogens (tertiary/aromatic N) is 2. The van der Waals surface area contributed by atoms with Gasteiger partial charge in [-0.1, -0.05) is 95.7 Å².